The van der Waals surface area contributed by atoms with Crippen molar-refractivity contribution in [2.75, 3.05) is 31.1 Å². The second-order valence-corrected chi connectivity index (χ2v) is 7.78. The van der Waals surface area contributed by atoms with Crippen molar-refractivity contribution in [3.05, 3.63) is 66.1 Å². The van der Waals surface area contributed by atoms with Crippen LogP contribution >= 0.6 is 0 Å². The number of rotatable bonds is 5. The Labute approximate surface area is 164 Å². The largest absolute Gasteiger partial charge is 0.355 e. The van der Waals surface area contributed by atoms with E-state index in [4.69, 9.17) is 0 Å². The number of amides is 1. The number of carbonyl (C=O) groups is 1. The molecule has 0 bridgehead atoms. The molecule has 1 saturated heterocycles. The van der Waals surface area contributed by atoms with Crippen LogP contribution in [0.25, 0.3) is 5.52 Å². The molecule has 6 heteroatoms. The van der Waals surface area contributed by atoms with Gasteiger partial charge in [0.15, 0.2) is 0 Å². The number of fused-ring (bicyclic) bond motifs is 1. The van der Waals surface area contributed by atoms with E-state index in [1.54, 1.807) is 0 Å². The van der Waals surface area contributed by atoms with Crippen LogP contribution in [0.5, 0.6) is 0 Å². The summed E-state index contributed by atoms with van der Waals surface area (Å²) >= 11 is 0. The molecule has 1 aliphatic heterocycles. The normalized spacial score (nSPS) is 17.8. The average Bonchev–Trinajstić information content (AvgIpc) is 3.45. The Bertz CT molecular complexity index is 971. The van der Waals surface area contributed by atoms with Gasteiger partial charge in [-0.3, -0.25) is 14.7 Å². The molecule has 0 spiro atoms. The van der Waals surface area contributed by atoms with Gasteiger partial charge in [-0.25, -0.2) is 0 Å². The number of anilines is 1. The lowest BCUT2D eigenvalue weighted by Gasteiger charge is -2.35. The summed E-state index contributed by atoms with van der Waals surface area (Å²) in [5, 5.41) is 3.08. The highest BCUT2D eigenvalue weighted by Gasteiger charge is 2.24. The van der Waals surface area contributed by atoms with Crippen LogP contribution in [0, 0.1) is 0 Å². The van der Waals surface area contributed by atoms with E-state index in [-0.39, 0.29) is 5.91 Å². The van der Waals surface area contributed by atoms with E-state index >= 15 is 0 Å². The minimum Gasteiger partial charge on any atom is -0.355 e. The van der Waals surface area contributed by atoms with Crippen LogP contribution in [-0.4, -0.2) is 52.4 Å². The summed E-state index contributed by atoms with van der Waals surface area (Å²) in [6.45, 7) is 4.94. The first-order valence-electron chi connectivity index (χ1n) is 10.0. The van der Waals surface area contributed by atoms with Crippen LogP contribution in [0.4, 0.5) is 5.82 Å². The number of nitrogens with zero attached hydrogens (tertiary/aromatic N) is 4. The van der Waals surface area contributed by atoms with Gasteiger partial charge in [0.1, 0.15) is 5.82 Å². The van der Waals surface area contributed by atoms with E-state index in [2.05, 4.69) is 42.7 Å². The van der Waals surface area contributed by atoms with E-state index in [0.29, 0.717) is 6.04 Å². The lowest BCUT2D eigenvalue weighted by molar-refractivity contribution is 0.0950. The third-order valence-electron chi connectivity index (χ3n) is 5.63. The number of hydrogen-bond acceptors (Lipinski definition) is 4. The highest BCUT2D eigenvalue weighted by Crippen LogP contribution is 2.23. The summed E-state index contributed by atoms with van der Waals surface area (Å²) in [5.41, 5.74) is 3.11. The van der Waals surface area contributed by atoms with Crippen molar-refractivity contribution in [2.45, 2.75) is 25.4 Å². The predicted octanol–water partition coefficient (Wildman–Crippen LogP) is 2.55. The van der Waals surface area contributed by atoms with Gasteiger partial charge in [-0.15, -0.1) is 0 Å². The fraction of sp³-hybridized carbons (Fsp3) is 0.364. The number of hydrogen-bond donors (Lipinski definition) is 1. The fourth-order valence-corrected chi connectivity index (χ4v) is 3.86. The molecule has 2 fully saturated rings. The van der Waals surface area contributed by atoms with Crippen LogP contribution in [0.3, 0.4) is 0 Å². The Balaban J connectivity index is 1.29. The minimum absolute atomic E-state index is 0.0327. The minimum atomic E-state index is 0.0327. The van der Waals surface area contributed by atoms with Gasteiger partial charge < -0.3 is 14.6 Å². The molecule has 144 valence electrons. The van der Waals surface area contributed by atoms with Crippen LogP contribution < -0.4 is 10.2 Å². The van der Waals surface area contributed by atoms with Crippen molar-refractivity contribution in [2.24, 2.45) is 0 Å². The lowest BCUT2D eigenvalue weighted by atomic mass is 10.2. The average molecular weight is 375 g/mol. The molecule has 0 aromatic carbocycles. The maximum atomic E-state index is 12.4. The molecule has 1 saturated carbocycles. The topological polar surface area (TPSA) is 52.9 Å². The maximum absolute atomic E-state index is 12.4. The molecule has 3 aromatic rings. The van der Waals surface area contributed by atoms with Crippen molar-refractivity contribution in [3.8, 4) is 0 Å². The first-order valence-corrected chi connectivity index (χ1v) is 10.0. The molecular formula is C22H25N5O. The summed E-state index contributed by atoms with van der Waals surface area (Å²) < 4.78 is 2.15. The van der Waals surface area contributed by atoms with Crippen molar-refractivity contribution in [3.63, 3.8) is 0 Å². The van der Waals surface area contributed by atoms with Crippen molar-refractivity contribution >= 4 is 17.2 Å². The zero-order chi connectivity index (χ0) is 18.9. The van der Waals surface area contributed by atoms with Gasteiger partial charge in [-0.1, -0.05) is 6.07 Å². The summed E-state index contributed by atoms with van der Waals surface area (Å²) in [7, 11) is 0. The number of aromatic nitrogens is 2. The molecule has 0 unspecified atom stereocenters. The third-order valence-corrected chi connectivity index (χ3v) is 5.63. The van der Waals surface area contributed by atoms with E-state index in [0.717, 1.165) is 62.5 Å². The fourth-order valence-electron chi connectivity index (χ4n) is 3.86. The molecule has 0 radical (unpaired) electrons. The Hall–Kier alpha value is -2.86. The first kappa shape index (κ1) is 17.3. The highest BCUT2D eigenvalue weighted by atomic mass is 16.1. The highest BCUT2D eigenvalue weighted by molar-refractivity contribution is 5.94. The van der Waals surface area contributed by atoms with E-state index in [1.807, 2.05) is 36.8 Å². The summed E-state index contributed by atoms with van der Waals surface area (Å²) in [4.78, 5) is 21.5. The van der Waals surface area contributed by atoms with Crippen molar-refractivity contribution < 1.29 is 4.79 Å². The number of nitrogens with one attached hydrogen (secondary N) is 1. The molecule has 1 N–H and O–H groups in total. The molecule has 28 heavy (non-hydrogen) atoms. The van der Waals surface area contributed by atoms with Gasteiger partial charge in [0.05, 0.1) is 5.56 Å². The zero-order valence-electron chi connectivity index (χ0n) is 15.9. The molecule has 6 nitrogen and oxygen atoms in total. The Morgan fingerprint density at radius 2 is 1.89 bits per heavy atom. The lowest BCUT2D eigenvalue weighted by Crippen LogP contribution is -2.46. The van der Waals surface area contributed by atoms with Crippen LogP contribution in [0.15, 0.2) is 55.0 Å². The molecule has 0 atom stereocenters. The number of piperazine rings is 1. The molecule has 4 heterocycles. The smallest absolute Gasteiger partial charge is 0.252 e. The Morgan fingerprint density at radius 3 is 2.64 bits per heavy atom. The van der Waals surface area contributed by atoms with E-state index in [1.165, 1.54) is 5.56 Å². The standard InChI is InChI=1S/C22H25N5O/c28-22(24-19-4-5-19)18-3-6-20-7-8-21(27(20)16-18)26-12-10-25(11-13-26)15-17-2-1-9-23-14-17/h1-3,6-9,14,16,19H,4-5,10-13,15H2,(H,24,28). The van der Waals surface area contributed by atoms with Gasteiger partial charge in [0.2, 0.25) is 0 Å². The number of pyridine rings is 2. The first-order chi connectivity index (χ1) is 13.8. The van der Waals surface area contributed by atoms with Crippen molar-refractivity contribution in [1.29, 1.82) is 0 Å². The summed E-state index contributed by atoms with van der Waals surface area (Å²) in [6, 6.07) is 12.7. The molecule has 5 rings (SSSR count). The second kappa shape index (κ2) is 7.28. The van der Waals surface area contributed by atoms with Crippen LogP contribution in [-0.2, 0) is 6.54 Å². The second-order valence-electron chi connectivity index (χ2n) is 7.78. The Morgan fingerprint density at radius 1 is 1.07 bits per heavy atom. The molecule has 1 amide bonds. The molecule has 3 aromatic heterocycles. The monoisotopic (exact) mass is 375 g/mol. The van der Waals surface area contributed by atoms with Crippen LogP contribution in [0.2, 0.25) is 0 Å². The number of carbonyl (C=O) groups excluding carboxylic acids is 1. The van der Waals surface area contributed by atoms with E-state index in [9.17, 15) is 4.79 Å². The van der Waals surface area contributed by atoms with E-state index < -0.39 is 0 Å². The molecular weight excluding hydrogens is 350 g/mol. The third kappa shape index (κ3) is 3.60. The molecule has 1 aliphatic carbocycles. The molecule has 2 aliphatic rings. The van der Waals surface area contributed by atoms with Gasteiger partial charge in [-0.05, 0) is 48.7 Å². The van der Waals surface area contributed by atoms with Crippen molar-refractivity contribution in [1.82, 2.24) is 19.6 Å². The van der Waals surface area contributed by atoms with Gasteiger partial charge >= 0.3 is 0 Å². The quantitative estimate of drug-likeness (QED) is 0.745. The summed E-state index contributed by atoms with van der Waals surface area (Å²) in [5.74, 6) is 1.20. The van der Waals surface area contributed by atoms with Gasteiger partial charge in [0.25, 0.3) is 5.91 Å². The summed E-state index contributed by atoms with van der Waals surface area (Å²) in [6.07, 6.45) is 7.95. The maximum Gasteiger partial charge on any atom is 0.252 e. The predicted molar refractivity (Wildman–Crippen MR) is 110 cm³/mol. The van der Waals surface area contributed by atoms with Gasteiger partial charge in [0, 0.05) is 62.9 Å². The Kier molecular flexibility index (Phi) is 4.49. The zero-order valence-corrected chi connectivity index (χ0v) is 15.9. The van der Waals surface area contributed by atoms with Crippen LogP contribution in [0.1, 0.15) is 28.8 Å². The van der Waals surface area contributed by atoms with Gasteiger partial charge in [-0.2, -0.15) is 0 Å². The SMILES string of the molecule is O=C(NC1CC1)c1ccc2ccc(N3CCN(Cc4cccnc4)CC3)n2c1.